The molecule has 0 heterocycles. The highest BCUT2D eigenvalue weighted by molar-refractivity contribution is 5.64. The maximum atomic E-state index is 3.92. The molecule has 0 radical (unpaired) electrons. The van der Waals surface area contributed by atoms with E-state index in [1.807, 2.05) is 20.8 Å². The van der Waals surface area contributed by atoms with Gasteiger partial charge in [0.25, 0.3) is 0 Å². The molecular formula is C13H20. The Labute approximate surface area is 82.3 Å². The van der Waals surface area contributed by atoms with E-state index in [1.165, 1.54) is 16.7 Å². The van der Waals surface area contributed by atoms with Gasteiger partial charge in [-0.3, -0.25) is 0 Å². The number of hydrogen-bond acceptors (Lipinski definition) is 0. The highest BCUT2D eigenvalue weighted by Gasteiger charge is 1.96. The minimum absolute atomic E-state index is 1.14. The van der Waals surface area contributed by atoms with Crippen molar-refractivity contribution in [1.82, 2.24) is 0 Å². The first-order valence-electron chi connectivity index (χ1n) is 4.84. The largest absolute Gasteiger partial charge is 0.0955 e. The molecule has 0 aromatic heterocycles. The van der Waals surface area contributed by atoms with Crippen LogP contribution in [0.1, 0.15) is 37.5 Å². The fourth-order valence-corrected chi connectivity index (χ4v) is 1.29. The van der Waals surface area contributed by atoms with Gasteiger partial charge in [0.1, 0.15) is 0 Å². The molecule has 1 aromatic rings. The van der Waals surface area contributed by atoms with Gasteiger partial charge >= 0.3 is 0 Å². The second-order valence-electron chi connectivity index (χ2n) is 3.10. The molecule has 0 aliphatic heterocycles. The minimum Gasteiger partial charge on any atom is -0.0955 e. The van der Waals surface area contributed by atoms with Crippen LogP contribution in [0.15, 0.2) is 24.8 Å². The summed E-state index contributed by atoms with van der Waals surface area (Å²) in [4.78, 5) is 0. The van der Waals surface area contributed by atoms with Crippen molar-refractivity contribution in [2.45, 2.75) is 34.6 Å². The van der Waals surface area contributed by atoms with Crippen LogP contribution in [0.25, 0.3) is 5.57 Å². The third-order valence-electron chi connectivity index (χ3n) is 1.84. The van der Waals surface area contributed by atoms with E-state index in [9.17, 15) is 0 Å². The quantitative estimate of drug-likeness (QED) is 0.596. The molecule has 0 fully saturated rings. The van der Waals surface area contributed by atoms with Crippen molar-refractivity contribution in [3.8, 4) is 0 Å². The average molecular weight is 176 g/mol. The Hall–Kier alpha value is -1.04. The summed E-state index contributed by atoms with van der Waals surface area (Å²) in [6, 6.07) is 6.44. The van der Waals surface area contributed by atoms with Gasteiger partial charge in [0.05, 0.1) is 0 Å². The van der Waals surface area contributed by atoms with Crippen LogP contribution in [0, 0.1) is 13.8 Å². The van der Waals surface area contributed by atoms with E-state index in [0.29, 0.717) is 0 Å². The van der Waals surface area contributed by atoms with Gasteiger partial charge < -0.3 is 0 Å². The summed E-state index contributed by atoms with van der Waals surface area (Å²) in [5.74, 6) is 0. The molecule has 0 nitrogen and oxygen atoms in total. The Morgan fingerprint density at radius 1 is 1.15 bits per heavy atom. The third kappa shape index (κ3) is 3.45. The lowest BCUT2D eigenvalue weighted by Gasteiger charge is -2.04. The van der Waals surface area contributed by atoms with Crippen LogP contribution >= 0.6 is 0 Å². The summed E-state index contributed by atoms with van der Waals surface area (Å²) in [5, 5.41) is 0. The average Bonchev–Trinajstić information content (AvgIpc) is 2.07. The minimum atomic E-state index is 1.14. The first-order chi connectivity index (χ1) is 6.11. The molecule has 0 atom stereocenters. The van der Waals surface area contributed by atoms with Crippen LogP contribution in [0.3, 0.4) is 0 Å². The standard InChI is InChI=1S/C11H14.C2H6/c1-8(2)11-6-5-9(3)7-10(11)4;1-2/h5-7H,1H2,2-4H3;1-2H3. The highest BCUT2D eigenvalue weighted by atomic mass is 14.0. The zero-order chi connectivity index (χ0) is 10.4. The maximum absolute atomic E-state index is 3.92. The molecule has 0 saturated carbocycles. The predicted octanol–water partition coefficient (Wildman–Crippen LogP) is 4.36. The van der Waals surface area contributed by atoms with Gasteiger partial charge in [-0.15, -0.1) is 0 Å². The van der Waals surface area contributed by atoms with Crippen molar-refractivity contribution < 1.29 is 0 Å². The van der Waals surface area contributed by atoms with Crippen LogP contribution in [-0.2, 0) is 0 Å². The smallest absolute Gasteiger partial charge is 0.0204 e. The summed E-state index contributed by atoms with van der Waals surface area (Å²) in [6.45, 7) is 14.2. The Kier molecular flexibility index (Phi) is 5.13. The van der Waals surface area contributed by atoms with Crippen molar-refractivity contribution in [3.63, 3.8) is 0 Å². The Bertz CT molecular complexity index is 282. The summed E-state index contributed by atoms with van der Waals surface area (Å²) in [6.07, 6.45) is 0. The van der Waals surface area contributed by atoms with Gasteiger partial charge in [-0.25, -0.2) is 0 Å². The van der Waals surface area contributed by atoms with E-state index in [4.69, 9.17) is 0 Å². The zero-order valence-corrected chi connectivity index (χ0v) is 9.44. The van der Waals surface area contributed by atoms with Gasteiger partial charge in [0.2, 0.25) is 0 Å². The molecule has 0 saturated heterocycles. The van der Waals surface area contributed by atoms with Crippen molar-refractivity contribution in [1.29, 1.82) is 0 Å². The Morgan fingerprint density at radius 2 is 1.69 bits per heavy atom. The molecule has 0 aliphatic carbocycles. The fraction of sp³-hybridized carbons (Fsp3) is 0.385. The lowest BCUT2D eigenvalue weighted by molar-refractivity contribution is 1.35. The van der Waals surface area contributed by atoms with E-state index in [2.05, 4.69) is 38.6 Å². The molecule has 1 rings (SSSR count). The van der Waals surface area contributed by atoms with E-state index in [1.54, 1.807) is 0 Å². The maximum Gasteiger partial charge on any atom is -0.0204 e. The van der Waals surface area contributed by atoms with Gasteiger partial charge in [-0.1, -0.05) is 49.8 Å². The number of benzene rings is 1. The summed E-state index contributed by atoms with van der Waals surface area (Å²) < 4.78 is 0. The first-order valence-corrected chi connectivity index (χ1v) is 4.84. The van der Waals surface area contributed by atoms with Crippen LogP contribution in [0.2, 0.25) is 0 Å². The zero-order valence-electron chi connectivity index (χ0n) is 9.44. The second kappa shape index (κ2) is 5.58. The number of aryl methyl sites for hydroxylation is 2. The van der Waals surface area contributed by atoms with Crippen molar-refractivity contribution >= 4 is 5.57 Å². The molecule has 0 N–H and O–H groups in total. The highest BCUT2D eigenvalue weighted by Crippen LogP contribution is 2.17. The SMILES string of the molecule is C=C(C)c1ccc(C)cc1C.CC. The number of rotatable bonds is 1. The molecule has 1 aromatic carbocycles. The Balaban J connectivity index is 0.000000671. The molecule has 13 heavy (non-hydrogen) atoms. The van der Waals surface area contributed by atoms with Crippen LogP contribution < -0.4 is 0 Å². The number of hydrogen-bond donors (Lipinski definition) is 0. The van der Waals surface area contributed by atoms with Gasteiger partial charge in [0, 0.05) is 0 Å². The Morgan fingerprint density at radius 3 is 2.08 bits per heavy atom. The molecule has 0 spiro atoms. The summed E-state index contributed by atoms with van der Waals surface area (Å²) in [7, 11) is 0. The molecule has 0 bridgehead atoms. The molecular weight excluding hydrogens is 156 g/mol. The molecule has 0 amide bonds. The van der Waals surface area contributed by atoms with E-state index < -0.39 is 0 Å². The number of allylic oxidation sites excluding steroid dienone is 1. The predicted molar refractivity (Wildman–Crippen MR) is 62.0 cm³/mol. The summed E-state index contributed by atoms with van der Waals surface area (Å²) >= 11 is 0. The van der Waals surface area contributed by atoms with Crippen molar-refractivity contribution in [3.05, 3.63) is 41.5 Å². The van der Waals surface area contributed by atoms with Gasteiger partial charge in [-0.2, -0.15) is 0 Å². The molecule has 0 aliphatic rings. The first kappa shape index (κ1) is 12.0. The van der Waals surface area contributed by atoms with Crippen molar-refractivity contribution in [2.75, 3.05) is 0 Å². The third-order valence-corrected chi connectivity index (χ3v) is 1.84. The van der Waals surface area contributed by atoms with E-state index in [-0.39, 0.29) is 0 Å². The van der Waals surface area contributed by atoms with Crippen LogP contribution in [0.4, 0.5) is 0 Å². The van der Waals surface area contributed by atoms with Crippen LogP contribution in [-0.4, -0.2) is 0 Å². The van der Waals surface area contributed by atoms with Crippen molar-refractivity contribution in [2.24, 2.45) is 0 Å². The lowest BCUT2D eigenvalue weighted by atomic mass is 10.0. The molecule has 0 unspecified atom stereocenters. The van der Waals surface area contributed by atoms with Crippen LogP contribution in [0.5, 0.6) is 0 Å². The second-order valence-corrected chi connectivity index (χ2v) is 3.10. The summed E-state index contributed by atoms with van der Waals surface area (Å²) in [5.41, 5.74) is 5.04. The van der Waals surface area contributed by atoms with Gasteiger partial charge in [-0.05, 0) is 31.9 Å². The topological polar surface area (TPSA) is 0 Å². The van der Waals surface area contributed by atoms with E-state index in [0.717, 1.165) is 5.57 Å². The normalized spacial score (nSPS) is 8.69. The van der Waals surface area contributed by atoms with E-state index >= 15 is 0 Å². The monoisotopic (exact) mass is 176 g/mol. The fourth-order valence-electron chi connectivity index (χ4n) is 1.29. The van der Waals surface area contributed by atoms with Gasteiger partial charge in [0.15, 0.2) is 0 Å². The lowest BCUT2D eigenvalue weighted by Crippen LogP contribution is -1.84. The molecule has 0 heteroatoms. The molecule has 72 valence electrons.